The Hall–Kier alpha value is -2.51. The summed E-state index contributed by atoms with van der Waals surface area (Å²) in [5, 5.41) is 6.19. The van der Waals surface area contributed by atoms with Crippen LogP contribution in [-0.2, 0) is 22.7 Å². The lowest BCUT2D eigenvalue weighted by molar-refractivity contribution is -0.121. The van der Waals surface area contributed by atoms with Crippen LogP contribution in [0.15, 0.2) is 36.8 Å². The predicted octanol–water partition coefficient (Wildman–Crippen LogP) is 2.85. The van der Waals surface area contributed by atoms with Gasteiger partial charge in [-0.1, -0.05) is 12.1 Å². The van der Waals surface area contributed by atoms with Crippen LogP contribution in [0.1, 0.15) is 44.0 Å². The molecule has 7 nitrogen and oxygen atoms in total. The number of hydrogen-bond donors (Lipinski definition) is 2. The van der Waals surface area contributed by atoms with Crippen LogP contribution in [0.25, 0.3) is 0 Å². The molecule has 1 amide bonds. The Balaban J connectivity index is 0.00000145. The van der Waals surface area contributed by atoms with E-state index in [1.165, 1.54) is 5.56 Å². The zero-order chi connectivity index (χ0) is 21.2. The second-order valence-corrected chi connectivity index (χ2v) is 7.67. The van der Waals surface area contributed by atoms with Crippen LogP contribution in [0.4, 0.5) is 5.69 Å². The Morgan fingerprint density at radius 3 is 2.41 bits per heavy atom. The summed E-state index contributed by atoms with van der Waals surface area (Å²) >= 11 is 0. The largest absolute Gasteiger partial charge is 0.335 e. The number of amides is 1. The Morgan fingerprint density at radius 1 is 1.21 bits per heavy atom. The summed E-state index contributed by atoms with van der Waals surface area (Å²) in [6.07, 6.45) is 5.83. The topological polar surface area (TPSA) is 79.3 Å². The molecular formula is C22H33N5O2. The van der Waals surface area contributed by atoms with E-state index < -0.39 is 0 Å². The summed E-state index contributed by atoms with van der Waals surface area (Å²) in [6.45, 7) is 9.89. The molecule has 1 aliphatic rings. The Bertz CT molecular complexity index is 749. The van der Waals surface area contributed by atoms with Gasteiger partial charge in [0.25, 0.3) is 0 Å². The molecule has 1 fully saturated rings. The predicted molar refractivity (Wildman–Crippen MR) is 116 cm³/mol. The first-order chi connectivity index (χ1) is 14.0. The molecule has 0 saturated carbocycles. The van der Waals surface area contributed by atoms with Crippen molar-refractivity contribution in [2.45, 2.75) is 45.8 Å². The average Bonchev–Trinajstić information content (AvgIpc) is 3.20. The number of benzene rings is 1. The van der Waals surface area contributed by atoms with E-state index in [4.69, 9.17) is 4.79 Å². The Kier molecular flexibility index (Phi) is 9.02. The van der Waals surface area contributed by atoms with Gasteiger partial charge in [0.15, 0.2) is 0 Å². The number of anilines is 1. The standard InChI is InChI=1S/C21H31N5O.CH2O/c1-16(2)26-14-20(23-15-26)13-25-10-8-18(9-11-25)21(27)24-19-6-4-17(5-7-19)12-22-3;1-2/h4-7,14-16,18,22H,8-13H2,1-3H3,(H,24,27);1H2. The lowest BCUT2D eigenvalue weighted by atomic mass is 9.95. The van der Waals surface area contributed by atoms with Crippen molar-refractivity contribution < 1.29 is 9.59 Å². The summed E-state index contributed by atoms with van der Waals surface area (Å²) in [5.41, 5.74) is 3.19. The quantitative estimate of drug-likeness (QED) is 0.748. The number of hydrogen-bond acceptors (Lipinski definition) is 5. The molecule has 2 heterocycles. The first-order valence-corrected chi connectivity index (χ1v) is 10.1. The number of likely N-dealkylation sites (tertiary alicyclic amines) is 1. The third-order valence-corrected chi connectivity index (χ3v) is 5.20. The summed E-state index contributed by atoms with van der Waals surface area (Å²) < 4.78 is 2.14. The number of aromatic nitrogens is 2. The molecule has 1 aliphatic heterocycles. The molecular weight excluding hydrogens is 366 g/mol. The highest BCUT2D eigenvalue weighted by atomic mass is 16.1. The molecule has 0 radical (unpaired) electrons. The minimum atomic E-state index is 0.0893. The molecule has 158 valence electrons. The zero-order valence-corrected chi connectivity index (χ0v) is 17.7. The van der Waals surface area contributed by atoms with E-state index in [-0.39, 0.29) is 11.8 Å². The molecule has 0 aliphatic carbocycles. The lowest BCUT2D eigenvalue weighted by Gasteiger charge is -2.30. The van der Waals surface area contributed by atoms with Crippen molar-refractivity contribution in [2.75, 3.05) is 25.5 Å². The molecule has 2 aromatic rings. The molecule has 3 rings (SSSR count). The van der Waals surface area contributed by atoms with Gasteiger partial charge in [0.1, 0.15) is 6.79 Å². The highest BCUT2D eigenvalue weighted by molar-refractivity contribution is 5.92. The highest BCUT2D eigenvalue weighted by Crippen LogP contribution is 2.21. The van der Waals surface area contributed by atoms with Crippen molar-refractivity contribution in [3.63, 3.8) is 0 Å². The van der Waals surface area contributed by atoms with Gasteiger partial charge in [0, 0.05) is 36.9 Å². The van der Waals surface area contributed by atoms with Crippen molar-refractivity contribution in [1.29, 1.82) is 0 Å². The molecule has 1 saturated heterocycles. The van der Waals surface area contributed by atoms with E-state index >= 15 is 0 Å². The van der Waals surface area contributed by atoms with E-state index in [0.29, 0.717) is 6.04 Å². The van der Waals surface area contributed by atoms with Crippen molar-refractivity contribution >= 4 is 18.4 Å². The van der Waals surface area contributed by atoms with Gasteiger partial charge in [-0.15, -0.1) is 0 Å². The Labute approximate surface area is 173 Å². The van der Waals surface area contributed by atoms with Gasteiger partial charge in [-0.3, -0.25) is 9.69 Å². The summed E-state index contributed by atoms with van der Waals surface area (Å²) in [6, 6.07) is 8.49. The maximum absolute atomic E-state index is 12.6. The monoisotopic (exact) mass is 399 g/mol. The lowest BCUT2D eigenvalue weighted by Crippen LogP contribution is -2.37. The van der Waals surface area contributed by atoms with E-state index in [9.17, 15) is 4.79 Å². The van der Waals surface area contributed by atoms with E-state index in [0.717, 1.165) is 50.4 Å². The van der Waals surface area contributed by atoms with Crippen LogP contribution >= 0.6 is 0 Å². The number of nitrogens with zero attached hydrogens (tertiary/aromatic N) is 3. The molecule has 7 heteroatoms. The maximum atomic E-state index is 12.6. The van der Waals surface area contributed by atoms with E-state index in [2.05, 4.69) is 45.1 Å². The number of piperidine rings is 1. The fourth-order valence-electron chi connectivity index (χ4n) is 3.48. The molecule has 0 unspecified atom stereocenters. The smallest absolute Gasteiger partial charge is 0.227 e. The Morgan fingerprint density at radius 2 is 1.86 bits per heavy atom. The van der Waals surface area contributed by atoms with Crippen LogP contribution in [0.3, 0.4) is 0 Å². The number of nitrogens with one attached hydrogen (secondary N) is 2. The first-order valence-electron chi connectivity index (χ1n) is 10.1. The third-order valence-electron chi connectivity index (χ3n) is 5.20. The number of carbonyl (C=O) groups excluding carboxylic acids is 2. The number of rotatable bonds is 7. The highest BCUT2D eigenvalue weighted by Gasteiger charge is 2.25. The summed E-state index contributed by atoms with van der Waals surface area (Å²) in [5.74, 6) is 0.228. The minimum Gasteiger partial charge on any atom is -0.335 e. The van der Waals surface area contributed by atoms with Gasteiger partial charge in [0.2, 0.25) is 5.91 Å². The van der Waals surface area contributed by atoms with Gasteiger partial charge >= 0.3 is 0 Å². The van der Waals surface area contributed by atoms with Crippen LogP contribution < -0.4 is 10.6 Å². The van der Waals surface area contributed by atoms with Gasteiger partial charge in [-0.25, -0.2) is 4.98 Å². The molecule has 0 atom stereocenters. The molecule has 1 aromatic heterocycles. The molecule has 2 N–H and O–H groups in total. The average molecular weight is 400 g/mol. The minimum absolute atomic E-state index is 0.0893. The van der Waals surface area contributed by atoms with Crippen LogP contribution in [0.5, 0.6) is 0 Å². The van der Waals surface area contributed by atoms with E-state index in [1.54, 1.807) is 0 Å². The van der Waals surface area contributed by atoms with Crippen LogP contribution in [0.2, 0.25) is 0 Å². The fraction of sp³-hybridized carbons (Fsp3) is 0.500. The van der Waals surface area contributed by atoms with Gasteiger partial charge in [-0.2, -0.15) is 0 Å². The number of imidazole rings is 1. The molecule has 0 spiro atoms. The fourth-order valence-corrected chi connectivity index (χ4v) is 3.48. The summed E-state index contributed by atoms with van der Waals surface area (Å²) in [7, 11) is 1.93. The summed E-state index contributed by atoms with van der Waals surface area (Å²) in [4.78, 5) is 27.5. The van der Waals surface area contributed by atoms with E-state index in [1.807, 2.05) is 44.4 Å². The van der Waals surface area contributed by atoms with Gasteiger partial charge < -0.3 is 20.0 Å². The second kappa shape index (κ2) is 11.5. The number of carbonyl (C=O) groups is 2. The van der Waals surface area contributed by atoms with Crippen molar-refractivity contribution in [2.24, 2.45) is 5.92 Å². The van der Waals surface area contributed by atoms with Gasteiger partial charge in [-0.05, 0) is 64.5 Å². The second-order valence-electron chi connectivity index (χ2n) is 7.67. The first kappa shape index (κ1) is 22.8. The normalized spacial score (nSPS) is 15.0. The third kappa shape index (κ3) is 6.80. The van der Waals surface area contributed by atoms with Crippen molar-refractivity contribution in [1.82, 2.24) is 19.8 Å². The van der Waals surface area contributed by atoms with Crippen molar-refractivity contribution in [3.8, 4) is 0 Å². The van der Waals surface area contributed by atoms with Gasteiger partial charge in [0.05, 0.1) is 12.0 Å². The molecule has 29 heavy (non-hydrogen) atoms. The van der Waals surface area contributed by atoms with Crippen LogP contribution in [-0.4, -0.2) is 47.3 Å². The maximum Gasteiger partial charge on any atom is 0.227 e. The SMILES string of the molecule is C=O.CNCc1ccc(NC(=O)C2CCN(Cc3cn(C(C)C)cn3)CC2)cc1. The van der Waals surface area contributed by atoms with Crippen LogP contribution in [0, 0.1) is 5.92 Å². The zero-order valence-electron chi connectivity index (χ0n) is 17.7. The molecule has 0 bridgehead atoms. The molecule has 1 aromatic carbocycles. The van der Waals surface area contributed by atoms with Crippen molar-refractivity contribution in [3.05, 3.63) is 48.0 Å².